The lowest BCUT2D eigenvalue weighted by Gasteiger charge is -2.33. The molecule has 3 aromatic rings. The minimum Gasteiger partial charge on any atom is -0.364 e. The smallest absolute Gasteiger partial charge is 0.267 e. The lowest BCUT2D eigenvalue weighted by molar-refractivity contribution is -0.107. The van der Waals surface area contributed by atoms with Crippen molar-refractivity contribution in [1.82, 2.24) is 9.97 Å². The van der Waals surface area contributed by atoms with Gasteiger partial charge in [0.25, 0.3) is 5.91 Å². The fourth-order valence-corrected chi connectivity index (χ4v) is 3.39. The summed E-state index contributed by atoms with van der Waals surface area (Å²) in [6, 6.07) is 18.0. The Balaban J connectivity index is 1.93. The summed E-state index contributed by atoms with van der Waals surface area (Å²) in [5.74, 6) is -0.647. The highest BCUT2D eigenvalue weighted by Crippen LogP contribution is 2.35. The van der Waals surface area contributed by atoms with Gasteiger partial charge in [0.05, 0.1) is 5.69 Å². The van der Waals surface area contributed by atoms with E-state index in [2.05, 4.69) is 9.97 Å². The van der Waals surface area contributed by atoms with Gasteiger partial charge in [-0.15, -0.1) is 0 Å². The summed E-state index contributed by atoms with van der Waals surface area (Å²) in [5, 5.41) is 0. The number of nitrogens with two attached hydrogens (primary N) is 1. The molecule has 0 saturated heterocycles. The second-order valence-electron chi connectivity index (χ2n) is 6.49. The number of hydrogen-bond donors (Lipinski definition) is 1. The Kier molecular flexibility index (Phi) is 4.99. The first-order valence-corrected chi connectivity index (χ1v) is 9.07. The Morgan fingerprint density at radius 1 is 0.966 bits per heavy atom. The highest BCUT2D eigenvalue weighted by molar-refractivity contribution is 6.03. The summed E-state index contributed by atoms with van der Waals surface area (Å²) in [4.78, 5) is 34.6. The van der Waals surface area contributed by atoms with Crippen LogP contribution in [0.4, 0.5) is 5.69 Å². The first-order valence-electron chi connectivity index (χ1n) is 9.07. The van der Waals surface area contributed by atoms with Crippen molar-refractivity contribution in [3.8, 4) is 0 Å². The van der Waals surface area contributed by atoms with Crippen LogP contribution >= 0.6 is 0 Å². The second kappa shape index (κ2) is 7.90. The van der Waals surface area contributed by atoms with Crippen LogP contribution in [0, 0.1) is 0 Å². The molecule has 0 spiro atoms. The maximum atomic E-state index is 12.2. The summed E-state index contributed by atoms with van der Waals surface area (Å²) in [5.41, 5.74) is 9.23. The van der Waals surface area contributed by atoms with E-state index < -0.39 is 11.9 Å². The van der Waals surface area contributed by atoms with E-state index in [0.717, 1.165) is 23.2 Å². The van der Waals surface area contributed by atoms with Gasteiger partial charge in [-0.05, 0) is 42.0 Å². The number of para-hydroxylation sites is 1. The number of carbonyl (C=O) groups excluding carboxylic acids is 2. The molecular weight excluding hydrogens is 364 g/mol. The van der Waals surface area contributed by atoms with Crippen molar-refractivity contribution >= 4 is 29.0 Å². The molecule has 0 fully saturated rings. The molecule has 1 unspecified atom stereocenters. The van der Waals surface area contributed by atoms with Crippen LogP contribution in [-0.4, -0.2) is 28.2 Å². The zero-order valence-electron chi connectivity index (χ0n) is 15.5. The van der Waals surface area contributed by atoms with Crippen molar-refractivity contribution in [3.63, 3.8) is 0 Å². The number of primary amides is 1. The molecule has 1 aliphatic heterocycles. The molecule has 0 saturated carbocycles. The van der Waals surface area contributed by atoms with Gasteiger partial charge in [-0.1, -0.05) is 30.3 Å². The standard InChI is InChI=1S/C23H18N4O2/c24-23(29)22-18(9-6-12-26-22)19-13-16(20-10-4-5-11-25-20)14-27(21(19)15-28)17-7-2-1-3-8-17/h1-15,21H,(H2,24,29). The lowest BCUT2D eigenvalue weighted by Crippen LogP contribution is -2.36. The number of benzene rings is 1. The normalized spacial score (nSPS) is 16.0. The van der Waals surface area contributed by atoms with Gasteiger partial charge in [0, 0.05) is 35.4 Å². The zero-order chi connectivity index (χ0) is 20.2. The number of hydrogen-bond acceptors (Lipinski definition) is 5. The van der Waals surface area contributed by atoms with Gasteiger partial charge in [0.2, 0.25) is 0 Å². The van der Waals surface area contributed by atoms with Gasteiger partial charge >= 0.3 is 0 Å². The Bertz CT molecular complexity index is 1110. The van der Waals surface area contributed by atoms with Crippen LogP contribution in [0.15, 0.2) is 85.3 Å². The molecule has 4 rings (SSSR count). The van der Waals surface area contributed by atoms with E-state index in [-0.39, 0.29) is 5.69 Å². The Hall–Kier alpha value is -4.06. The molecule has 1 atom stereocenters. The van der Waals surface area contributed by atoms with Crippen molar-refractivity contribution in [2.24, 2.45) is 5.73 Å². The zero-order valence-corrected chi connectivity index (χ0v) is 15.5. The van der Waals surface area contributed by atoms with Gasteiger partial charge < -0.3 is 15.4 Å². The SMILES string of the molecule is NC(=O)c1ncccc1C1=CC(c2ccccn2)=CN(c2ccccc2)C1C=O. The predicted octanol–water partition coefficient (Wildman–Crippen LogP) is 3.09. The highest BCUT2D eigenvalue weighted by atomic mass is 16.1. The number of rotatable bonds is 5. The Morgan fingerprint density at radius 2 is 1.72 bits per heavy atom. The van der Waals surface area contributed by atoms with Crippen LogP contribution in [0.3, 0.4) is 0 Å². The second-order valence-corrected chi connectivity index (χ2v) is 6.49. The fraction of sp³-hybridized carbons (Fsp3) is 0.0435. The summed E-state index contributed by atoms with van der Waals surface area (Å²) < 4.78 is 0. The van der Waals surface area contributed by atoms with Gasteiger partial charge in [0.15, 0.2) is 0 Å². The van der Waals surface area contributed by atoms with E-state index in [1.165, 1.54) is 6.20 Å². The largest absolute Gasteiger partial charge is 0.364 e. The quantitative estimate of drug-likeness (QED) is 0.685. The molecule has 6 heteroatoms. The molecule has 2 aromatic heterocycles. The van der Waals surface area contributed by atoms with E-state index in [1.54, 1.807) is 18.3 Å². The van der Waals surface area contributed by atoms with Gasteiger partial charge in [0.1, 0.15) is 18.0 Å². The van der Waals surface area contributed by atoms with Crippen molar-refractivity contribution in [3.05, 3.63) is 102 Å². The number of anilines is 1. The van der Waals surface area contributed by atoms with Gasteiger partial charge in [-0.3, -0.25) is 14.8 Å². The number of allylic oxidation sites excluding steroid dienone is 2. The minimum absolute atomic E-state index is 0.126. The van der Waals surface area contributed by atoms with E-state index in [4.69, 9.17) is 5.73 Å². The monoisotopic (exact) mass is 382 g/mol. The topological polar surface area (TPSA) is 89.2 Å². The van der Waals surface area contributed by atoms with Crippen LogP contribution < -0.4 is 10.6 Å². The van der Waals surface area contributed by atoms with Crippen molar-refractivity contribution in [2.45, 2.75) is 6.04 Å². The summed E-state index contributed by atoms with van der Waals surface area (Å²) in [7, 11) is 0. The molecule has 0 radical (unpaired) electrons. The molecule has 29 heavy (non-hydrogen) atoms. The van der Waals surface area contributed by atoms with E-state index in [1.807, 2.05) is 65.7 Å². The van der Waals surface area contributed by atoms with Crippen LogP contribution in [0.25, 0.3) is 11.1 Å². The maximum Gasteiger partial charge on any atom is 0.267 e. The van der Waals surface area contributed by atoms with Crippen molar-refractivity contribution in [1.29, 1.82) is 0 Å². The molecule has 6 nitrogen and oxygen atoms in total. The summed E-state index contributed by atoms with van der Waals surface area (Å²) in [6.45, 7) is 0. The van der Waals surface area contributed by atoms with E-state index >= 15 is 0 Å². The van der Waals surface area contributed by atoms with Crippen molar-refractivity contribution in [2.75, 3.05) is 4.90 Å². The first-order chi connectivity index (χ1) is 14.2. The summed E-state index contributed by atoms with van der Waals surface area (Å²) in [6.07, 6.45) is 7.82. The molecule has 0 bridgehead atoms. The third-order valence-electron chi connectivity index (χ3n) is 4.70. The van der Waals surface area contributed by atoms with Crippen molar-refractivity contribution < 1.29 is 9.59 Å². The van der Waals surface area contributed by atoms with Gasteiger partial charge in [-0.25, -0.2) is 0 Å². The van der Waals surface area contributed by atoms with Crippen LogP contribution in [0.5, 0.6) is 0 Å². The molecule has 0 aliphatic carbocycles. The van der Waals surface area contributed by atoms with E-state index in [9.17, 15) is 9.59 Å². The van der Waals surface area contributed by atoms with Crippen LogP contribution in [0.1, 0.15) is 21.7 Å². The van der Waals surface area contributed by atoms with Crippen LogP contribution in [0.2, 0.25) is 0 Å². The summed E-state index contributed by atoms with van der Waals surface area (Å²) >= 11 is 0. The average Bonchev–Trinajstić information content (AvgIpc) is 2.79. The third kappa shape index (κ3) is 3.55. The molecule has 1 amide bonds. The third-order valence-corrected chi connectivity index (χ3v) is 4.70. The number of aldehydes is 1. The first kappa shape index (κ1) is 18.3. The minimum atomic E-state index is -0.647. The number of aromatic nitrogens is 2. The fourth-order valence-electron chi connectivity index (χ4n) is 3.39. The highest BCUT2D eigenvalue weighted by Gasteiger charge is 2.29. The molecule has 2 N–H and O–H groups in total. The molecule has 1 aliphatic rings. The number of nitrogens with zero attached hydrogens (tertiary/aromatic N) is 3. The van der Waals surface area contributed by atoms with Crippen LogP contribution in [-0.2, 0) is 4.79 Å². The predicted molar refractivity (Wildman–Crippen MR) is 112 cm³/mol. The number of pyridine rings is 2. The Labute approximate surface area is 168 Å². The molecule has 3 heterocycles. The average molecular weight is 382 g/mol. The Morgan fingerprint density at radius 3 is 2.41 bits per heavy atom. The number of carbonyl (C=O) groups is 2. The molecular formula is C23H18N4O2. The van der Waals surface area contributed by atoms with E-state index in [0.29, 0.717) is 11.1 Å². The van der Waals surface area contributed by atoms with Gasteiger partial charge in [-0.2, -0.15) is 0 Å². The molecule has 1 aromatic carbocycles. The number of amides is 1. The maximum absolute atomic E-state index is 12.2. The lowest BCUT2D eigenvalue weighted by atomic mass is 9.90. The molecule has 142 valence electrons.